The number of methoxy groups -OCH3 is 1. The van der Waals surface area contributed by atoms with Crippen LogP contribution in [0.1, 0.15) is 83.1 Å². The number of piperidine rings is 1. The molecule has 266 valence electrons. The highest BCUT2D eigenvalue weighted by Gasteiger charge is 2.42. The Kier molecular flexibility index (Phi) is 13.6. The molecular weight excluding hydrogens is 630 g/mol. The number of carbonyl (C=O) groups excluding carboxylic acids is 5. The highest BCUT2D eigenvalue weighted by Crippen LogP contribution is 2.31. The summed E-state index contributed by atoms with van der Waals surface area (Å²) in [7, 11) is 1.61. The van der Waals surface area contributed by atoms with Crippen LogP contribution in [-0.2, 0) is 44.6 Å². The Balaban J connectivity index is 1.84. The molecule has 2 aromatic carbocycles. The van der Waals surface area contributed by atoms with Crippen LogP contribution in [0.25, 0.3) is 0 Å². The first-order valence-electron chi connectivity index (χ1n) is 16.5. The number of nitrogens with zero attached hydrogens (tertiary/aromatic N) is 1. The molecule has 1 amide bonds. The third kappa shape index (κ3) is 11.5. The largest absolute Gasteiger partial charge is 0.496 e. The standard InChI is InChI=1S/C38H49NO10/c1-9-32(40)47-24-38(6,7)34(42)35(43)39-20-11-10-15-29(39)36(44)48-30(19-18-26-17-16-25(2)31(21-26)45-8)27-13-12-14-28(22-27)46-23-33(41)49-37(3,4)5/h9,12-14,16-17,21-22,29-30H,1,10-11,15,18-20,23-24H2,2-8H3/t29-,30+/m0/s1. The van der Waals surface area contributed by atoms with Crippen LogP contribution in [0, 0.1) is 12.3 Å². The van der Waals surface area contributed by atoms with Crippen molar-refractivity contribution in [1.82, 2.24) is 4.90 Å². The zero-order chi connectivity index (χ0) is 36.4. The molecule has 0 aliphatic carbocycles. The molecule has 3 rings (SSSR count). The Morgan fingerprint density at radius 2 is 1.76 bits per heavy atom. The molecule has 1 aliphatic heterocycles. The van der Waals surface area contributed by atoms with Gasteiger partial charge in [-0.2, -0.15) is 0 Å². The van der Waals surface area contributed by atoms with Gasteiger partial charge < -0.3 is 28.6 Å². The zero-order valence-electron chi connectivity index (χ0n) is 29.7. The van der Waals surface area contributed by atoms with Gasteiger partial charge >= 0.3 is 17.9 Å². The summed E-state index contributed by atoms with van der Waals surface area (Å²) >= 11 is 0. The monoisotopic (exact) mass is 679 g/mol. The van der Waals surface area contributed by atoms with E-state index in [2.05, 4.69) is 6.58 Å². The van der Waals surface area contributed by atoms with Gasteiger partial charge in [-0.25, -0.2) is 14.4 Å². The second-order valence-electron chi connectivity index (χ2n) is 13.8. The number of ketones is 1. The van der Waals surface area contributed by atoms with E-state index < -0.39 is 52.8 Å². The van der Waals surface area contributed by atoms with Crippen LogP contribution in [0.2, 0.25) is 0 Å². The van der Waals surface area contributed by atoms with Gasteiger partial charge in [-0.05, 0) is 109 Å². The minimum Gasteiger partial charge on any atom is -0.496 e. The van der Waals surface area contributed by atoms with Crippen molar-refractivity contribution < 1.29 is 47.7 Å². The van der Waals surface area contributed by atoms with Gasteiger partial charge in [-0.15, -0.1) is 0 Å². The third-order valence-electron chi connectivity index (χ3n) is 8.02. The van der Waals surface area contributed by atoms with Crippen molar-refractivity contribution in [3.8, 4) is 11.5 Å². The molecule has 11 nitrogen and oxygen atoms in total. The van der Waals surface area contributed by atoms with Crippen molar-refractivity contribution in [3.05, 3.63) is 71.8 Å². The number of hydrogen-bond acceptors (Lipinski definition) is 10. The average Bonchev–Trinajstić information content (AvgIpc) is 3.07. The summed E-state index contributed by atoms with van der Waals surface area (Å²) in [5.74, 6) is -2.34. The number of likely N-dealkylation sites (tertiary alicyclic amines) is 1. The molecule has 1 fully saturated rings. The number of rotatable bonds is 15. The van der Waals surface area contributed by atoms with E-state index in [9.17, 15) is 24.0 Å². The van der Waals surface area contributed by atoms with Crippen LogP contribution in [0.5, 0.6) is 11.5 Å². The van der Waals surface area contributed by atoms with Gasteiger partial charge in [0.25, 0.3) is 5.91 Å². The van der Waals surface area contributed by atoms with Crippen LogP contribution in [0.4, 0.5) is 0 Å². The maximum absolute atomic E-state index is 13.9. The molecule has 11 heteroatoms. The second-order valence-corrected chi connectivity index (χ2v) is 13.8. The first-order chi connectivity index (χ1) is 23.0. The predicted octanol–water partition coefficient (Wildman–Crippen LogP) is 5.65. The number of Topliss-reactive ketones (excluding diaryl/α,β-unsaturated/α-hetero) is 1. The Morgan fingerprint density at radius 1 is 1.02 bits per heavy atom. The van der Waals surface area contributed by atoms with E-state index in [1.165, 1.54) is 18.7 Å². The minimum atomic E-state index is -1.32. The Morgan fingerprint density at radius 3 is 2.43 bits per heavy atom. The number of esters is 3. The summed E-state index contributed by atoms with van der Waals surface area (Å²) in [4.78, 5) is 65.9. The van der Waals surface area contributed by atoms with Gasteiger partial charge in [-0.3, -0.25) is 9.59 Å². The number of carbonyl (C=O) groups is 5. The van der Waals surface area contributed by atoms with E-state index in [0.29, 0.717) is 43.4 Å². The normalized spacial score (nSPS) is 15.4. The van der Waals surface area contributed by atoms with Gasteiger partial charge in [0.2, 0.25) is 5.78 Å². The predicted molar refractivity (Wildman–Crippen MR) is 182 cm³/mol. The number of ether oxygens (including phenoxy) is 5. The van der Waals surface area contributed by atoms with Crippen molar-refractivity contribution in [2.45, 2.75) is 91.4 Å². The van der Waals surface area contributed by atoms with Crippen molar-refractivity contribution in [3.63, 3.8) is 0 Å². The molecule has 0 saturated carbocycles. The topological polar surface area (TPSA) is 135 Å². The van der Waals surface area contributed by atoms with Gasteiger partial charge in [0, 0.05) is 12.6 Å². The number of aryl methyl sites for hydroxylation is 2. The van der Waals surface area contributed by atoms with Crippen LogP contribution < -0.4 is 9.47 Å². The van der Waals surface area contributed by atoms with E-state index in [1.54, 1.807) is 52.1 Å². The molecular formula is C38H49NO10. The maximum Gasteiger partial charge on any atom is 0.344 e. The number of benzene rings is 2. The fourth-order valence-corrected chi connectivity index (χ4v) is 5.36. The Labute approximate surface area is 288 Å². The zero-order valence-corrected chi connectivity index (χ0v) is 29.7. The molecule has 1 saturated heterocycles. The van der Waals surface area contributed by atoms with Crippen LogP contribution in [-0.4, -0.2) is 73.0 Å². The maximum atomic E-state index is 13.9. The summed E-state index contributed by atoms with van der Waals surface area (Å²) in [6.07, 6.45) is 2.74. The molecule has 0 radical (unpaired) electrons. The molecule has 0 spiro atoms. The fourth-order valence-electron chi connectivity index (χ4n) is 5.36. The quantitative estimate of drug-likeness (QED) is 0.101. The van der Waals surface area contributed by atoms with Gasteiger partial charge in [0.1, 0.15) is 35.9 Å². The highest BCUT2D eigenvalue weighted by molar-refractivity contribution is 6.38. The smallest absolute Gasteiger partial charge is 0.344 e. The molecule has 2 atom stereocenters. The lowest BCUT2D eigenvalue weighted by Crippen LogP contribution is -2.53. The van der Waals surface area contributed by atoms with Crippen molar-refractivity contribution in [2.75, 3.05) is 26.9 Å². The Hall–Kier alpha value is -4.67. The molecule has 0 bridgehead atoms. The first-order valence-corrected chi connectivity index (χ1v) is 16.5. The van der Waals surface area contributed by atoms with Crippen LogP contribution in [0.3, 0.4) is 0 Å². The van der Waals surface area contributed by atoms with Crippen molar-refractivity contribution in [2.24, 2.45) is 5.41 Å². The number of amides is 1. The minimum absolute atomic E-state index is 0.203. The number of hydrogen-bond donors (Lipinski definition) is 0. The molecule has 49 heavy (non-hydrogen) atoms. The van der Waals surface area contributed by atoms with E-state index in [4.69, 9.17) is 23.7 Å². The first kappa shape index (κ1) is 38.8. The van der Waals surface area contributed by atoms with Crippen molar-refractivity contribution in [1.29, 1.82) is 0 Å². The van der Waals surface area contributed by atoms with Gasteiger partial charge in [0.15, 0.2) is 6.61 Å². The van der Waals surface area contributed by atoms with Crippen LogP contribution >= 0.6 is 0 Å². The summed E-state index contributed by atoms with van der Waals surface area (Å²) in [5.41, 5.74) is 0.610. The van der Waals surface area contributed by atoms with E-state index in [0.717, 1.165) is 23.0 Å². The van der Waals surface area contributed by atoms with Crippen LogP contribution in [0.15, 0.2) is 55.1 Å². The van der Waals surface area contributed by atoms with Gasteiger partial charge in [0.05, 0.1) is 12.5 Å². The summed E-state index contributed by atoms with van der Waals surface area (Å²) < 4.78 is 27.8. The molecule has 2 aromatic rings. The van der Waals surface area contributed by atoms with E-state index in [1.807, 2.05) is 25.1 Å². The fraction of sp³-hybridized carbons (Fsp3) is 0.500. The van der Waals surface area contributed by atoms with Gasteiger partial charge in [-0.1, -0.05) is 30.8 Å². The molecule has 1 aliphatic rings. The van der Waals surface area contributed by atoms with Crippen molar-refractivity contribution >= 4 is 29.6 Å². The summed E-state index contributed by atoms with van der Waals surface area (Å²) in [6, 6.07) is 11.8. The molecule has 1 heterocycles. The lowest BCUT2D eigenvalue weighted by Gasteiger charge is -2.36. The molecule has 0 N–H and O–H groups in total. The second kappa shape index (κ2) is 17.1. The SMILES string of the molecule is C=CC(=O)OCC(C)(C)C(=O)C(=O)N1CCCC[C@H]1C(=O)O[C@H](CCc1ccc(C)c(OC)c1)c1cccc(OCC(=O)OC(C)(C)C)c1. The summed E-state index contributed by atoms with van der Waals surface area (Å²) in [6.45, 7) is 13.2. The average molecular weight is 680 g/mol. The third-order valence-corrected chi connectivity index (χ3v) is 8.02. The Bertz CT molecular complexity index is 1520. The summed E-state index contributed by atoms with van der Waals surface area (Å²) in [5, 5.41) is 0. The lowest BCUT2D eigenvalue weighted by atomic mass is 9.87. The highest BCUT2D eigenvalue weighted by atomic mass is 16.6. The van der Waals surface area contributed by atoms with E-state index >= 15 is 0 Å². The van der Waals surface area contributed by atoms with E-state index in [-0.39, 0.29) is 19.8 Å². The molecule has 0 aromatic heterocycles. The molecule has 0 unspecified atom stereocenters. The lowest BCUT2D eigenvalue weighted by molar-refractivity contribution is -0.165.